The van der Waals surface area contributed by atoms with E-state index in [0.29, 0.717) is 18.0 Å². The first kappa shape index (κ1) is 12.3. The molecule has 100 valence electrons. The molecule has 3 rings (SSSR count). The van der Waals surface area contributed by atoms with Crippen molar-refractivity contribution in [1.82, 2.24) is 9.88 Å². The summed E-state index contributed by atoms with van der Waals surface area (Å²) in [6, 6.07) is 0. The van der Waals surface area contributed by atoms with Crippen molar-refractivity contribution in [3.8, 4) is 0 Å². The quantitative estimate of drug-likeness (QED) is 0.772. The Labute approximate surface area is 115 Å². The van der Waals surface area contributed by atoms with Gasteiger partial charge in [-0.1, -0.05) is 6.92 Å². The molecule has 1 aromatic rings. The number of thiazole rings is 1. The van der Waals surface area contributed by atoms with E-state index in [1.807, 2.05) is 5.38 Å². The number of methoxy groups -OCH3 is 1. The van der Waals surface area contributed by atoms with Crippen molar-refractivity contribution >= 4 is 23.1 Å². The maximum Gasteiger partial charge on any atom is 0.337 e. The second kappa shape index (κ2) is 4.77. The van der Waals surface area contributed by atoms with E-state index in [-0.39, 0.29) is 5.97 Å². The summed E-state index contributed by atoms with van der Waals surface area (Å²) in [5.74, 6) is 1.14. The number of esters is 1. The van der Waals surface area contributed by atoms with Gasteiger partial charge >= 0.3 is 5.97 Å². The van der Waals surface area contributed by atoms with Gasteiger partial charge in [0, 0.05) is 23.8 Å². The Balaban J connectivity index is 1.99. The number of carbonyl (C=O) groups excluding carboxylic acids is 1. The van der Waals surface area contributed by atoms with Gasteiger partial charge in [-0.2, -0.15) is 0 Å². The molecule has 5 nitrogen and oxygen atoms in total. The van der Waals surface area contributed by atoms with E-state index < -0.39 is 0 Å². The zero-order valence-electron chi connectivity index (χ0n) is 10.9. The lowest BCUT2D eigenvalue weighted by atomic mass is 10.1. The van der Waals surface area contributed by atoms with Gasteiger partial charge in [0.15, 0.2) is 10.8 Å². The van der Waals surface area contributed by atoms with Crippen LogP contribution >= 0.6 is 11.3 Å². The molecule has 0 saturated carbocycles. The Kier molecular flexibility index (Phi) is 3.10. The van der Waals surface area contributed by atoms with Gasteiger partial charge in [-0.3, -0.25) is 4.99 Å². The van der Waals surface area contributed by atoms with Crippen molar-refractivity contribution in [3.63, 3.8) is 0 Å². The van der Waals surface area contributed by atoms with Crippen LogP contribution in [-0.2, 0) is 9.53 Å². The Bertz CT molecular complexity index is 562. The highest BCUT2D eigenvalue weighted by atomic mass is 32.1. The number of nitrogens with zero attached hydrogens (tertiary/aromatic N) is 3. The molecule has 1 fully saturated rings. The average molecular weight is 277 g/mol. The molecule has 0 spiro atoms. The van der Waals surface area contributed by atoms with Gasteiger partial charge in [-0.25, -0.2) is 9.78 Å². The summed E-state index contributed by atoms with van der Waals surface area (Å²) in [5, 5.41) is 2.85. The smallest absolute Gasteiger partial charge is 0.337 e. The highest BCUT2D eigenvalue weighted by molar-refractivity contribution is 7.11. The van der Waals surface area contributed by atoms with E-state index in [0.717, 1.165) is 29.5 Å². The second-order valence-corrected chi connectivity index (χ2v) is 5.71. The van der Waals surface area contributed by atoms with Gasteiger partial charge in [0.2, 0.25) is 0 Å². The fraction of sp³-hybridized carbons (Fsp3) is 0.462. The van der Waals surface area contributed by atoms with Crippen molar-refractivity contribution in [3.05, 3.63) is 27.9 Å². The molecule has 1 saturated heterocycles. The van der Waals surface area contributed by atoms with Crippen LogP contribution in [0.5, 0.6) is 0 Å². The molecule has 2 aliphatic rings. The van der Waals surface area contributed by atoms with Crippen molar-refractivity contribution in [1.29, 1.82) is 0 Å². The molecule has 0 aromatic carbocycles. The lowest BCUT2D eigenvalue weighted by Crippen LogP contribution is -2.34. The summed E-state index contributed by atoms with van der Waals surface area (Å²) in [6.07, 6.45) is 2.68. The number of amidine groups is 1. The van der Waals surface area contributed by atoms with Gasteiger partial charge in [0.05, 0.1) is 19.2 Å². The van der Waals surface area contributed by atoms with Crippen molar-refractivity contribution in [2.45, 2.75) is 13.3 Å². The average Bonchev–Trinajstić information content (AvgIpc) is 3.04. The predicted molar refractivity (Wildman–Crippen MR) is 73.0 cm³/mol. The molecule has 0 bridgehead atoms. The Hall–Kier alpha value is -1.69. The molecule has 0 amide bonds. The number of hydrogen-bond donors (Lipinski definition) is 0. The van der Waals surface area contributed by atoms with E-state index in [1.165, 1.54) is 7.11 Å². The number of rotatable bonds is 2. The van der Waals surface area contributed by atoms with Crippen molar-refractivity contribution in [2.75, 3.05) is 20.2 Å². The maximum absolute atomic E-state index is 11.8. The van der Waals surface area contributed by atoms with Gasteiger partial charge in [-0.15, -0.1) is 11.3 Å². The predicted octanol–water partition coefficient (Wildman–Crippen LogP) is 1.67. The van der Waals surface area contributed by atoms with Crippen molar-refractivity contribution in [2.24, 2.45) is 10.9 Å². The summed E-state index contributed by atoms with van der Waals surface area (Å²) in [7, 11) is 1.42. The van der Waals surface area contributed by atoms with Crippen LogP contribution in [-0.4, -0.2) is 41.9 Å². The first-order chi connectivity index (χ1) is 9.20. The standard InChI is InChI=1S/C13H15N3O2S/c1-8-5-10-9(13(17)18-2)6-15-11(16(10)7-8)12-14-3-4-19-12/h3-4,8H,5-7H2,1-2H3/t8-/m0/s1. The third-order valence-corrected chi connectivity index (χ3v) is 4.18. The largest absolute Gasteiger partial charge is 0.466 e. The van der Waals surface area contributed by atoms with Gasteiger partial charge < -0.3 is 9.64 Å². The number of allylic oxidation sites excluding steroid dienone is 1. The molecular formula is C13H15N3O2S. The molecule has 2 aliphatic heterocycles. The highest BCUT2D eigenvalue weighted by Gasteiger charge is 2.35. The first-order valence-corrected chi connectivity index (χ1v) is 7.11. The minimum Gasteiger partial charge on any atom is -0.466 e. The highest BCUT2D eigenvalue weighted by Crippen LogP contribution is 2.34. The summed E-state index contributed by atoms with van der Waals surface area (Å²) in [6.45, 7) is 3.45. The third-order valence-electron chi connectivity index (χ3n) is 3.41. The van der Waals surface area contributed by atoms with Gasteiger partial charge in [-0.05, 0) is 12.3 Å². The lowest BCUT2D eigenvalue weighted by molar-refractivity contribution is -0.136. The van der Waals surface area contributed by atoms with Crippen LogP contribution in [0, 0.1) is 5.92 Å². The molecular weight excluding hydrogens is 262 g/mol. The summed E-state index contributed by atoms with van der Waals surface area (Å²) < 4.78 is 4.85. The molecule has 1 atom stereocenters. The Morgan fingerprint density at radius 1 is 1.58 bits per heavy atom. The summed E-state index contributed by atoms with van der Waals surface area (Å²) in [5.41, 5.74) is 1.74. The molecule has 1 aromatic heterocycles. The van der Waals surface area contributed by atoms with Crippen LogP contribution < -0.4 is 0 Å². The van der Waals surface area contributed by atoms with Crippen LogP contribution in [0.15, 0.2) is 27.8 Å². The minimum absolute atomic E-state index is 0.268. The lowest BCUT2D eigenvalue weighted by Gasteiger charge is -2.26. The molecule has 0 aliphatic carbocycles. The fourth-order valence-electron chi connectivity index (χ4n) is 2.58. The monoisotopic (exact) mass is 277 g/mol. The second-order valence-electron chi connectivity index (χ2n) is 4.81. The SMILES string of the molecule is COC(=O)C1=C2C[C@H](C)CN2C(c2nccs2)=NC1. The molecule has 3 heterocycles. The maximum atomic E-state index is 11.8. The number of aliphatic imine (C=N–C) groups is 1. The van der Waals surface area contributed by atoms with Crippen LogP contribution in [0.3, 0.4) is 0 Å². The number of aromatic nitrogens is 1. The zero-order chi connectivity index (χ0) is 13.4. The Morgan fingerprint density at radius 2 is 2.42 bits per heavy atom. The van der Waals surface area contributed by atoms with Crippen LogP contribution in [0.1, 0.15) is 18.4 Å². The van der Waals surface area contributed by atoms with E-state index in [1.54, 1.807) is 17.5 Å². The molecule has 6 heteroatoms. The number of carbonyl (C=O) groups is 1. The molecule has 0 radical (unpaired) electrons. The number of hydrogen-bond acceptors (Lipinski definition) is 6. The summed E-state index contributed by atoms with van der Waals surface area (Å²) >= 11 is 1.57. The van der Waals surface area contributed by atoms with E-state index in [4.69, 9.17) is 4.74 Å². The third kappa shape index (κ3) is 2.06. The molecule has 0 unspecified atom stereocenters. The van der Waals surface area contributed by atoms with E-state index in [2.05, 4.69) is 21.8 Å². The fourth-order valence-corrected chi connectivity index (χ4v) is 3.23. The minimum atomic E-state index is -0.268. The normalized spacial score (nSPS) is 22.3. The molecule has 19 heavy (non-hydrogen) atoms. The zero-order valence-corrected chi connectivity index (χ0v) is 11.7. The summed E-state index contributed by atoms with van der Waals surface area (Å²) in [4.78, 5) is 22.8. The first-order valence-electron chi connectivity index (χ1n) is 6.23. The topological polar surface area (TPSA) is 54.8 Å². The number of fused-ring (bicyclic) bond motifs is 1. The van der Waals surface area contributed by atoms with Crippen LogP contribution in [0.2, 0.25) is 0 Å². The van der Waals surface area contributed by atoms with Gasteiger partial charge in [0.25, 0.3) is 0 Å². The van der Waals surface area contributed by atoms with E-state index in [9.17, 15) is 4.79 Å². The number of ether oxygens (including phenoxy) is 1. The molecule has 0 N–H and O–H groups in total. The van der Waals surface area contributed by atoms with Crippen LogP contribution in [0.25, 0.3) is 0 Å². The van der Waals surface area contributed by atoms with Gasteiger partial charge in [0.1, 0.15) is 0 Å². The van der Waals surface area contributed by atoms with E-state index >= 15 is 0 Å². The Morgan fingerprint density at radius 3 is 3.11 bits per heavy atom. The van der Waals surface area contributed by atoms with Crippen molar-refractivity contribution < 1.29 is 9.53 Å². The van der Waals surface area contributed by atoms with Crippen LogP contribution in [0.4, 0.5) is 0 Å².